The van der Waals surface area contributed by atoms with Crippen LogP contribution in [-0.2, 0) is 0 Å². The summed E-state index contributed by atoms with van der Waals surface area (Å²) in [5.41, 5.74) is 6.24. The van der Waals surface area contributed by atoms with Crippen molar-refractivity contribution in [3.8, 4) is 0 Å². The molecule has 4 N–H and O–H groups in total. The topological polar surface area (TPSA) is 95.0 Å². The standard InChI is InChI=1S/C13H20N4O2/c1-17(10-6-2-3-7-11(10)18)13-9(12(14)16-19)5-4-8-15-13/h4-5,8,10-11,18-19H,2-3,6-7H2,1H3,(H2,14,16). The van der Waals surface area contributed by atoms with E-state index in [-0.39, 0.29) is 18.0 Å². The van der Waals surface area contributed by atoms with Crippen molar-refractivity contribution in [1.82, 2.24) is 4.98 Å². The van der Waals surface area contributed by atoms with Gasteiger partial charge in [-0.15, -0.1) is 0 Å². The highest BCUT2D eigenvalue weighted by Gasteiger charge is 2.28. The molecule has 0 aromatic carbocycles. The zero-order valence-electron chi connectivity index (χ0n) is 11.0. The van der Waals surface area contributed by atoms with E-state index in [1.165, 1.54) is 0 Å². The van der Waals surface area contributed by atoms with Crippen molar-refractivity contribution < 1.29 is 10.3 Å². The number of rotatable bonds is 3. The Labute approximate surface area is 112 Å². The molecule has 1 aromatic heterocycles. The molecule has 2 rings (SSSR count). The number of nitrogens with two attached hydrogens (primary N) is 1. The summed E-state index contributed by atoms with van der Waals surface area (Å²) in [5, 5.41) is 22.0. The number of nitrogens with zero attached hydrogens (tertiary/aromatic N) is 3. The van der Waals surface area contributed by atoms with E-state index >= 15 is 0 Å². The van der Waals surface area contributed by atoms with Crippen LogP contribution in [0, 0.1) is 0 Å². The first-order valence-electron chi connectivity index (χ1n) is 6.49. The number of pyridine rings is 1. The second-order valence-corrected chi connectivity index (χ2v) is 4.89. The quantitative estimate of drug-likeness (QED) is 0.326. The zero-order chi connectivity index (χ0) is 13.8. The number of amidine groups is 1. The van der Waals surface area contributed by atoms with E-state index < -0.39 is 0 Å². The van der Waals surface area contributed by atoms with Crippen molar-refractivity contribution in [1.29, 1.82) is 0 Å². The Bertz CT molecular complexity index is 464. The van der Waals surface area contributed by atoms with Gasteiger partial charge in [0.15, 0.2) is 5.84 Å². The third-order valence-corrected chi connectivity index (χ3v) is 3.70. The molecule has 2 atom stereocenters. The van der Waals surface area contributed by atoms with Crippen LogP contribution in [0.4, 0.5) is 5.82 Å². The number of aliphatic hydroxyl groups is 1. The molecule has 0 spiro atoms. The molecule has 6 nitrogen and oxygen atoms in total. The second-order valence-electron chi connectivity index (χ2n) is 4.89. The minimum atomic E-state index is -0.360. The van der Waals surface area contributed by atoms with Gasteiger partial charge in [-0.2, -0.15) is 0 Å². The number of aliphatic hydroxyl groups excluding tert-OH is 1. The fourth-order valence-electron chi connectivity index (χ4n) is 2.63. The number of aromatic nitrogens is 1. The van der Waals surface area contributed by atoms with E-state index in [1.54, 1.807) is 18.3 Å². The van der Waals surface area contributed by atoms with Crippen molar-refractivity contribution in [2.24, 2.45) is 10.9 Å². The second kappa shape index (κ2) is 5.88. The minimum absolute atomic E-state index is 0.0221. The maximum atomic E-state index is 10.1. The SMILES string of the molecule is CN(c1ncccc1/C(N)=N/O)C1CCCCC1O. The highest BCUT2D eigenvalue weighted by molar-refractivity contribution is 6.01. The monoisotopic (exact) mass is 264 g/mol. The molecule has 0 saturated heterocycles. The Morgan fingerprint density at radius 3 is 2.89 bits per heavy atom. The molecule has 1 fully saturated rings. The molecule has 1 aliphatic rings. The Morgan fingerprint density at radius 2 is 2.21 bits per heavy atom. The number of hydrogen-bond donors (Lipinski definition) is 3. The van der Waals surface area contributed by atoms with Gasteiger partial charge >= 0.3 is 0 Å². The maximum Gasteiger partial charge on any atom is 0.173 e. The van der Waals surface area contributed by atoms with E-state index in [4.69, 9.17) is 10.9 Å². The largest absolute Gasteiger partial charge is 0.409 e. The fourth-order valence-corrected chi connectivity index (χ4v) is 2.63. The van der Waals surface area contributed by atoms with Gasteiger partial charge in [-0.05, 0) is 25.0 Å². The minimum Gasteiger partial charge on any atom is -0.409 e. The Hall–Kier alpha value is -1.82. The normalized spacial score (nSPS) is 24.2. The molecular formula is C13H20N4O2. The molecule has 1 aliphatic carbocycles. The van der Waals surface area contributed by atoms with Crippen molar-refractivity contribution >= 4 is 11.7 Å². The van der Waals surface area contributed by atoms with Gasteiger partial charge in [0, 0.05) is 13.2 Å². The first-order valence-corrected chi connectivity index (χ1v) is 6.49. The Balaban J connectivity index is 2.30. The number of anilines is 1. The number of hydrogen-bond acceptors (Lipinski definition) is 5. The summed E-state index contributed by atoms with van der Waals surface area (Å²) in [6, 6.07) is 3.51. The van der Waals surface area contributed by atoms with Gasteiger partial charge in [-0.1, -0.05) is 18.0 Å². The van der Waals surface area contributed by atoms with Gasteiger partial charge in [0.05, 0.1) is 17.7 Å². The lowest BCUT2D eigenvalue weighted by Gasteiger charge is -2.36. The molecule has 0 bridgehead atoms. The molecule has 0 radical (unpaired) electrons. The molecule has 19 heavy (non-hydrogen) atoms. The fraction of sp³-hybridized carbons (Fsp3) is 0.538. The summed E-state index contributed by atoms with van der Waals surface area (Å²) >= 11 is 0. The van der Waals surface area contributed by atoms with E-state index in [2.05, 4.69) is 10.1 Å². The van der Waals surface area contributed by atoms with Crippen molar-refractivity contribution in [3.63, 3.8) is 0 Å². The highest BCUT2D eigenvalue weighted by Crippen LogP contribution is 2.27. The van der Waals surface area contributed by atoms with Gasteiger partial charge < -0.3 is 20.9 Å². The lowest BCUT2D eigenvalue weighted by atomic mass is 9.91. The van der Waals surface area contributed by atoms with E-state index in [9.17, 15) is 5.11 Å². The third-order valence-electron chi connectivity index (χ3n) is 3.70. The number of oxime groups is 1. The van der Waals surface area contributed by atoms with Crippen LogP contribution in [0.1, 0.15) is 31.2 Å². The summed E-state index contributed by atoms with van der Waals surface area (Å²) in [4.78, 5) is 6.23. The zero-order valence-corrected chi connectivity index (χ0v) is 11.0. The average molecular weight is 264 g/mol. The molecule has 0 aliphatic heterocycles. The number of likely N-dealkylation sites (N-methyl/N-ethyl adjacent to an activating group) is 1. The predicted molar refractivity (Wildman–Crippen MR) is 73.4 cm³/mol. The summed E-state index contributed by atoms with van der Waals surface area (Å²) < 4.78 is 0. The lowest BCUT2D eigenvalue weighted by Crippen LogP contribution is -2.44. The van der Waals surface area contributed by atoms with Gasteiger partial charge in [-0.25, -0.2) is 4.98 Å². The highest BCUT2D eigenvalue weighted by atomic mass is 16.4. The Morgan fingerprint density at radius 1 is 1.47 bits per heavy atom. The van der Waals surface area contributed by atoms with E-state index in [0.717, 1.165) is 25.7 Å². The van der Waals surface area contributed by atoms with Gasteiger partial charge in [-0.3, -0.25) is 0 Å². The molecule has 6 heteroatoms. The molecule has 0 amide bonds. The summed E-state index contributed by atoms with van der Waals surface area (Å²) in [6.45, 7) is 0. The molecule has 1 aromatic rings. The summed E-state index contributed by atoms with van der Waals surface area (Å²) in [6.07, 6.45) is 5.18. The van der Waals surface area contributed by atoms with Crippen LogP contribution in [0.2, 0.25) is 0 Å². The first kappa shape index (κ1) is 13.6. The van der Waals surface area contributed by atoms with Crippen LogP contribution in [-0.4, -0.2) is 40.3 Å². The van der Waals surface area contributed by atoms with Crippen molar-refractivity contribution in [2.75, 3.05) is 11.9 Å². The lowest BCUT2D eigenvalue weighted by molar-refractivity contribution is 0.106. The van der Waals surface area contributed by atoms with Crippen molar-refractivity contribution in [2.45, 2.75) is 37.8 Å². The summed E-state index contributed by atoms with van der Waals surface area (Å²) in [5.74, 6) is 0.656. The molecule has 2 unspecified atom stereocenters. The van der Waals surface area contributed by atoms with Crippen LogP contribution >= 0.6 is 0 Å². The van der Waals surface area contributed by atoms with Crippen LogP contribution in [0.3, 0.4) is 0 Å². The van der Waals surface area contributed by atoms with Gasteiger partial charge in [0.2, 0.25) is 0 Å². The van der Waals surface area contributed by atoms with Crippen LogP contribution in [0.5, 0.6) is 0 Å². The first-order chi connectivity index (χ1) is 9.15. The van der Waals surface area contributed by atoms with Gasteiger partial charge in [0.1, 0.15) is 5.82 Å². The Kier molecular flexibility index (Phi) is 4.21. The molecule has 1 saturated carbocycles. The van der Waals surface area contributed by atoms with E-state index in [0.29, 0.717) is 11.4 Å². The smallest absolute Gasteiger partial charge is 0.173 e. The van der Waals surface area contributed by atoms with Crippen LogP contribution in [0.15, 0.2) is 23.5 Å². The van der Waals surface area contributed by atoms with Crippen LogP contribution < -0.4 is 10.6 Å². The summed E-state index contributed by atoms with van der Waals surface area (Å²) in [7, 11) is 1.88. The predicted octanol–water partition coefficient (Wildman–Crippen LogP) is 0.916. The maximum absolute atomic E-state index is 10.1. The van der Waals surface area contributed by atoms with Crippen molar-refractivity contribution in [3.05, 3.63) is 23.9 Å². The van der Waals surface area contributed by atoms with Crippen LogP contribution in [0.25, 0.3) is 0 Å². The third kappa shape index (κ3) is 2.78. The van der Waals surface area contributed by atoms with E-state index in [1.807, 2.05) is 11.9 Å². The average Bonchev–Trinajstić information content (AvgIpc) is 2.46. The molecule has 1 heterocycles. The molecule has 104 valence electrons. The molecular weight excluding hydrogens is 244 g/mol. The van der Waals surface area contributed by atoms with Gasteiger partial charge in [0.25, 0.3) is 0 Å².